The molecular formula is C16H13N5S. The Hall–Kier alpha value is -2.86. The largest absolute Gasteiger partial charge is 0.264 e. The van der Waals surface area contributed by atoms with E-state index in [9.17, 15) is 0 Å². The average Bonchev–Trinajstić information content (AvgIpc) is 2.94. The highest BCUT2D eigenvalue weighted by molar-refractivity contribution is 7.71. The van der Waals surface area contributed by atoms with Gasteiger partial charge in [-0.2, -0.15) is 14.9 Å². The Balaban J connectivity index is 1.84. The van der Waals surface area contributed by atoms with Crippen molar-refractivity contribution in [2.45, 2.75) is 0 Å². The van der Waals surface area contributed by atoms with Crippen molar-refractivity contribution in [3.63, 3.8) is 0 Å². The third kappa shape index (κ3) is 3.24. The Morgan fingerprint density at radius 2 is 2.00 bits per heavy atom. The van der Waals surface area contributed by atoms with E-state index in [2.05, 4.69) is 20.3 Å². The van der Waals surface area contributed by atoms with Gasteiger partial charge < -0.3 is 0 Å². The number of aromatic nitrogens is 4. The summed E-state index contributed by atoms with van der Waals surface area (Å²) >= 11 is 5.20. The van der Waals surface area contributed by atoms with E-state index in [0.717, 1.165) is 11.1 Å². The Morgan fingerprint density at radius 3 is 2.77 bits per heavy atom. The zero-order valence-corrected chi connectivity index (χ0v) is 12.4. The fourth-order valence-corrected chi connectivity index (χ4v) is 2.08. The van der Waals surface area contributed by atoms with Gasteiger partial charge in [-0.25, -0.2) is 5.10 Å². The van der Waals surface area contributed by atoms with Crippen LogP contribution in [0.5, 0.6) is 0 Å². The van der Waals surface area contributed by atoms with Crippen LogP contribution in [0.2, 0.25) is 0 Å². The summed E-state index contributed by atoms with van der Waals surface area (Å²) in [7, 11) is 0. The van der Waals surface area contributed by atoms with Crippen LogP contribution in [-0.4, -0.2) is 26.1 Å². The van der Waals surface area contributed by atoms with Crippen LogP contribution in [0.15, 0.2) is 66.0 Å². The topological polar surface area (TPSA) is 58.9 Å². The van der Waals surface area contributed by atoms with Crippen molar-refractivity contribution in [2.75, 3.05) is 0 Å². The maximum absolute atomic E-state index is 5.20. The van der Waals surface area contributed by atoms with Crippen LogP contribution < -0.4 is 0 Å². The SMILES string of the molecule is S=c1[nH]nc(-c2cccnc2)n1/N=C\C=C\c1ccccc1. The molecule has 0 aliphatic carbocycles. The second kappa shape index (κ2) is 6.73. The summed E-state index contributed by atoms with van der Waals surface area (Å²) in [6.45, 7) is 0. The maximum atomic E-state index is 5.20. The van der Waals surface area contributed by atoms with Gasteiger partial charge in [-0.15, -0.1) is 0 Å². The third-order valence-electron chi connectivity index (χ3n) is 2.93. The highest BCUT2D eigenvalue weighted by Gasteiger charge is 2.06. The monoisotopic (exact) mass is 307 g/mol. The molecule has 5 nitrogen and oxygen atoms in total. The molecule has 0 saturated heterocycles. The normalized spacial score (nSPS) is 11.5. The van der Waals surface area contributed by atoms with Crippen LogP contribution in [-0.2, 0) is 0 Å². The number of hydrogen-bond donors (Lipinski definition) is 1. The van der Waals surface area contributed by atoms with E-state index in [1.165, 1.54) is 0 Å². The minimum absolute atomic E-state index is 0.434. The molecule has 0 saturated carbocycles. The molecule has 1 N–H and O–H groups in total. The van der Waals surface area contributed by atoms with Gasteiger partial charge in [-0.05, 0) is 36.0 Å². The number of hydrogen-bond acceptors (Lipinski definition) is 4. The number of allylic oxidation sites excluding steroid dienone is 1. The summed E-state index contributed by atoms with van der Waals surface area (Å²) in [6.07, 6.45) is 8.93. The summed E-state index contributed by atoms with van der Waals surface area (Å²) in [4.78, 5) is 4.08. The number of pyridine rings is 1. The highest BCUT2D eigenvalue weighted by Crippen LogP contribution is 2.15. The molecule has 0 atom stereocenters. The number of rotatable bonds is 4. The molecule has 0 unspecified atom stereocenters. The van der Waals surface area contributed by atoms with Crippen molar-refractivity contribution in [1.29, 1.82) is 0 Å². The average molecular weight is 307 g/mol. The highest BCUT2D eigenvalue weighted by atomic mass is 32.1. The standard InChI is InChI=1S/C16H13N5S/c22-16-20-19-15(14-9-5-10-17-12-14)21(16)18-11-4-8-13-6-2-1-3-7-13/h1-12H,(H,20,22)/b8-4+,18-11-. The van der Waals surface area contributed by atoms with Gasteiger partial charge in [0.05, 0.1) is 0 Å². The molecule has 0 bridgehead atoms. The van der Waals surface area contributed by atoms with Gasteiger partial charge in [0.15, 0.2) is 5.82 Å². The molecular weight excluding hydrogens is 294 g/mol. The van der Waals surface area contributed by atoms with E-state index >= 15 is 0 Å². The zero-order chi connectivity index (χ0) is 15.2. The van der Waals surface area contributed by atoms with E-state index in [0.29, 0.717) is 10.6 Å². The number of nitrogens with one attached hydrogen (secondary N) is 1. The lowest BCUT2D eigenvalue weighted by molar-refractivity contribution is 0.872. The summed E-state index contributed by atoms with van der Waals surface area (Å²) in [5.41, 5.74) is 1.95. The lowest BCUT2D eigenvalue weighted by atomic mass is 10.2. The Bertz CT molecular complexity index is 847. The van der Waals surface area contributed by atoms with Gasteiger partial charge in [0.1, 0.15) is 0 Å². The summed E-state index contributed by atoms with van der Waals surface area (Å²) < 4.78 is 2.00. The summed E-state index contributed by atoms with van der Waals surface area (Å²) in [5.74, 6) is 0.627. The van der Waals surface area contributed by atoms with Gasteiger partial charge in [0.25, 0.3) is 0 Å². The van der Waals surface area contributed by atoms with Crippen LogP contribution >= 0.6 is 12.2 Å². The second-order valence-electron chi connectivity index (χ2n) is 4.44. The molecule has 0 amide bonds. The van der Waals surface area contributed by atoms with Crippen molar-refractivity contribution in [3.8, 4) is 11.4 Å². The molecule has 22 heavy (non-hydrogen) atoms. The molecule has 0 spiro atoms. The molecule has 0 aliphatic heterocycles. The van der Waals surface area contributed by atoms with Gasteiger partial charge in [-0.3, -0.25) is 4.98 Å². The van der Waals surface area contributed by atoms with E-state index in [-0.39, 0.29) is 0 Å². The van der Waals surface area contributed by atoms with E-state index in [4.69, 9.17) is 12.2 Å². The molecule has 0 fully saturated rings. The van der Waals surface area contributed by atoms with Crippen molar-refractivity contribution in [2.24, 2.45) is 5.10 Å². The molecule has 0 aliphatic rings. The van der Waals surface area contributed by atoms with Crippen LogP contribution in [0.25, 0.3) is 17.5 Å². The lowest BCUT2D eigenvalue weighted by Crippen LogP contribution is -1.93. The number of nitrogens with zero attached hydrogens (tertiary/aromatic N) is 4. The molecule has 3 rings (SSSR count). The van der Waals surface area contributed by atoms with Crippen molar-refractivity contribution < 1.29 is 0 Å². The quantitative estimate of drug-likeness (QED) is 0.592. The number of aromatic amines is 1. The minimum atomic E-state index is 0.434. The maximum Gasteiger partial charge on any atom is 0.216 e. The minimum Gasteiger partial charge on any atom is -0.264 e. The summed E-state index contributed by atoms with van der Waals surface area (Å²) in [6, 6.07) is 13.8. The van der Waals surface area contributed by atoms with E-state index in [1.54, 1.807) is 23.3 Å². The van der Waals surface area contributed by atoms with E-state index < -0.39 is 0 Å². The second-order valence-corrected chi connectivity index (χ2v) is 4.83. The fraction of sp³-hybridized carbons (Fsp3) is 0. The molecule has 2 aromatic heterocycles. The predicted molar refractivity (Wildman–Crippen MR) is 90.0 cm³/mol. The molecule has 108 valence electrons. The zero-order valence-electron chi connectivity index (χ0n) is 11.6. The van der Waals surface area contributed by atoms with Gasteiger partial charge in [0, 0.05) is 24.2 Å². The molecule has 3 aromatic rings. The number of benzene rings is 1. The Labute approximate surface area is 132 Å². The van der Waals surface area contributed by atoms with Crippen LogP contribution in [0.3, 0.4) is 0 Å². The fourth-order valence-electron chi connectivity index (χ4n) is 1.90. The molecule has 2 heterocycles. The summed E-state index contributed by atoms with van der Waals surface area (Å²) in [5, 5.41) is 11.3. The third-order valence-corrected chi connectivity index (χ3v) is 3.19. The van der Waals surface area contributed by atoms with Crippen molar-refractivity contribution >= 4 is 24.5 Å². The van der Waals surface area contributed by atoms with Gasteiger partial charge >= 0.3 is 0 Å². The Morgan fingerprint density at radius 1 is 1.14 bits per heavy atom. The van der Waals surface area contributed by atoms with Crippen LogP contribution in [0.1, 0.15) is 5.56 Å². The Kier molecular flexibility index (Phi) is 4.31. The van der Waals surface area contributed by atoms with Crippen LogP contribution in [0.4, 0.5) is 0 Å². The molecule has 1 aromatic carbocycles. The smallest absolute Gasteiger partial charge is 0.216 e. The predicted octanol–water partition coefficient (Wildman–Crippen LogP) is 3.55. The van der Waals surface area contributed by atoms with Crippen molar-refractivity contribution in [1.82, 2.24) is 19.9 Å². The molecule has 6 heteroatoms. The first-order chi connectivity index (χ1) is 10.8. The van der Waals surface area contributed by atoms with Crippen molar-refractivity contribution in [3.05, 3.63) is 71.3 Å². The molecule has 0 radical (unpaired) electrons. The van der Waals surface area contributed by atoms with Crippen LogP contribution in [0, 0.1) is 4.77 Å². The van der Waals surface area contributed by atoms with Gasteiger partial charge in [0.2, 0.25) is 4.77 Å². The first kappa shape index (κ1) is 14.1. The van der Waals surface area contributed by atoms with E-state index in [1.807, 2.05) is 54.6 Å². The first-order valence-electron chi connectivity index (χ1n) is 6.68. The number of H-pyrrole nitrogens is 1. The lowest BCUT2D eigenvalue weighted by Gasteiger charge is -1.98. The first-order valence-corrected chi connectivity index (χ1v) is 7.09. The van der Waals surface area contributed by atoms with Gasteiger partial charge in [-0.1, -0.05) is 36.4 Å².